The van der Waals surface area contributed by atoms with Gasteiger partial charge in [0.15, 0.2) is 5.13 Å². The molecule has 0 aliphatic carbocycles. The van der Waals surface area contributed by atoms with Crippen LogP contribution in [0.15, 0.2) is 5.38 Å². The fraction of sp³-hybridized carbons (Fsp3) is 0.636. The number of nitrogens with one attached hydrogen (secondary N) is 1. The maximum atomic E-state index is 11.5. The Bertz CT molecular complexity index is 336. The first-order valence-electron chi connectivity index (χ1n) is 5.37. The molecule has 0 spiro atoms. The number of carbonyl (C=O) groups excluding carboxylic acids is 1. The minimum atomic E-state index is 0.0682. The summed E-state index contributed by atoms with van der Waals surface area (Å²) in [7, 11) is 0. The molecule has 0 fully saturated rings. The van der Waals surface area contributed by atoms with Crippen molar-refractivity contribution in [1.29, 1.82) is 0 Å². The molecule has 16 heavy (non-hydrogen) atoms. The second-order valence-corrected chi connectivity index (χ2v) is 5.72. The van der Waals surface area contributed by atoms with Crippen molar-refractivity contribution in [2.24, 2.45) is 0 Å². The van der Waals surface area contributed by atoms with Crippen LogP contribution in [0.2, 0.25) is 0 Å². The van der Waals surface area contributed by atoms with Gasteiger partial charge < -0.3 is 5.32 Å². The van der Waals surface area contributed by atoms with Crippen LogP contribution in [0.25, 0.3) is 0 Å². The average Bonchev–Trinajstić information content (AvgIpc) is 2.66. The van der Waals surface area contributed by atoms with Crippen LogP contribution in [-0.4, -0.2) is 22.9 Å². The molecule has 0 saturated carbocycles. The van der Waals surface area contributed by atoms with Gasteiger partial charge in [0.25, 0.3) is 0 Å². The van der Waals surface area contributed by atoms with E-state index < -0.39 is 0 Å². The van der Waals surface area contributed by atoms with Crippen molar-refractivity contribution >= 4 is 34.1 Å². The molecule has 5 heteroatoms. The number of hydrogen-bond donors (Lipinski definition) is 1. The van der Waals surface area contributed by atoms with Crippen LogP contribution in [-0.2, 0) is 4.79 Å². The summed E-state index contributed by atoms with van der Waals surface area (Å²) in [5.74, 6) is 1.51. The van der Waals surface area contributed by atoms with Crippen molar-refractivity contribution < 1.29 is 4.79 Å². The molecule has 1 rings (SSSR count). The van der Waals surface area contributed by atoms with Crippen molar-refractivity contribution in [2.75, 3.05) is 17.3 Å². The summed E-state index contributed by atoms with van der Waals surface area (Å²) < 4.78 is 0. The van der Waals surface area contributed by atoms with Gasteiger partial charge in [-0.05, 0) is 24.3 Å². The first kappa shape index (κ1) is 13.5. The summed E-state index contributed by atoms with van der Waals surface area (Å²) in [4.78, 5) is 15.9. The van der Waals surface area contributed by atoms with Crippen LogP contribution in [0.3, 0.4) is 0 Å². The standard InChI is InChI=1S/C11H18N2OS2/c1-8(2)9-7-16-11(12-9)13-10(14)5-4-6-15-3/h7-8H,4-6H2,1-3H3,(H,12,13,14). The quantitative estimate of drug-likeness (QED) is 0.796. The first-order chi connectivity index (χ1) is 7.63. The van der Waals surface area contributed by atoms with Crippen LogP contribution in [0, 0.1) is 0 Å². The lowest BCUT2D eigenvalue weighted by Gasteiger charge is -2.01. The Morgan fingerprint density at radius 2 is 2.38 bits per heavy atom. The lowest BCUT2D eigenvalue weighted by atomic mass is 10.2. The molecule has 1 amide bonds. The summed E-state index contributed by atoms with van der Waals surface area (Å²) >= 11 is 3.26. The highest BCUT2D eigenvalue weighted by Crippen LogP contribution is 2.21. The Kier molecular flexibility index (Phi) is 5.84. The topological polar surface area (TPSA) is 42.0 Å². The van der Waals surface area contributed by atoms with Gasteiger partial charge >= 0.3 is 0 Å². The summed E-state index contributed by atoms with van der Waals surface area (Å²) in [5, 5.41) is 5.56. The highest BCUT2D eigenvalue weighted by molar-refractivity contribution is 7.98. The maximum Gasteiger partial charge on any atom is 0.226 e. The Morgan fingerprint density at radius 1 is 1.62 bits per heavy atom. The SMILES string of the molecule is CSCCCC(=O)Nc1nc(C(C)C)cs1. The molecule has 1 aromatic heterocycles. The zero-order valence-corrected chi connectivity index (χ0v) is 11.6. The van der Waals surface area contributed by atoms with E-state index in [-0.39, 0.29) is 5.91 Å². The number of aromatic nitrogens is 1. The molecule has 0 saturated heterocycles. The largest absolute Gasteiger partial charge is 0.302 e. The highest BCUT2D eigenvalue weighted by atomic mass is 32.2. The molecule has 0 unspecified atom stereocenters. The van der Waals surface area contributed by atoms with Crippen molar-refractivity contribution in [3.8, 4) is 0 Å². The van der Waals surface area contributed by atoms with E-state index in [1.54, 1.807) is 11.8 Å². The predicted octanol–water partition coefficient (Wildman–Crippen LogP) is 3.35. The van der Waals surface area contributed by atoms with E-state index in [1.807, 2.05) is 11.6 Å². The number of anilines is 1. The Labute approximate surface area is 105 Å². The van der Waals surface area contributed by atoms with Gasteiger partial charge in [-0.2, -0.15) is 11.8 Å². The number of nitrogens with zero attached hydrogens (tertiary/aromatic N) is 1. The zero-order chi connectivity index (χ0) is 12.0. The fourth-order valence-corrected chi connectivity index (χ4v) is 2.49. The lowest BCUT2D eigenvalue weighted by molar-refractivity contribution is -0.116. The van der Waals surface area contributed by atoms with E-state index in [9.17, 15) is 4.79 Å². The zero-order valence-electron chi connectivity index (χ0n) is 9.95. The number of thiazole rings is 1. The first-order valence-corrected chi connectivity index (χ1v) is 7.65. The third-order valence-corrected chi connectivity index (χ3v) is 3.59. The molecule has 0 aliphatic rings. The predicted molar refractivity (Wildman–Crippen MR) is 72.4 cm³/mol. The fourth-order valence-electron chi connectivity index (χ4n) is 1.17. The van der Waals surface area contributed by atoms with Crippen LogP contribution in [0.1, 0.15) is 38.3 Å². The smallest absolute Gasteiger partial charge is 0.226 e. The van der Waals surface area contributed by atoms with Gasteiger partial charge in [-0.15, -0.1) is 11.3 Å². The molecular weight excluding hydrogens is 240 g/mol. The van der Waals surface area contributed by atoms with Crippen LogP contribution in [0.4, 0.5) is 5.13 Å². The lowest BCUT2D eigenvalue weighted by Crippen LogP contribution is -2.11. The molecule has 0 atom stereocenters. The molecule has 0 radical (unpaired) electrons. The summed E-state index contributed by atoms with van der Waals surface area (Å²) in [6, 6.07) is 0. The summed E-state index contributed by atoms with van der Waals surface area (Å²) in [5.41, 5.74) is 1.05. The molecule has 1 N–H and O–H groups in total. The van der Waals surface area contributed by atoms with Crippen molar-refractivity contribution in [3.63, 3.8) is 0 Å². The number of rotatable bonds is 6. The normalized spacial score (nSPS) is 10.8. The third-order valence-electron chi connectivity index (χ3n) is 2.11. The molecule has 0 bridgehead atoms. The number of amides is 1. The molecule has 1 heterocycles. The van der Waals surface area contributed by atoms with E-state index >= 15 is 0 Å². The maximum absolute atomic E-state index is 11.5. The van der Waals surface area contributed by atoms with Crippen molar-refractivity contribution in [2.45, 2.75) is 32.6 Å². The molecule has 0 aliphatic heterocycles. The van der Waals surface area contributed by atoms with E-state index in [1.165, 1.54) is 11.3 Å². The average molecular weight is 258 g/mol. The summed E-state index contributed by atoms with van der Waals surface area (Å²) in [6.07, 6.45) is 3.56. The van der Waals surface area contributed by atoms with Crippen molar-refractivity contribution in [3.05, 3.63) is 11.1 Å². The minimum Gasteiger partial charge on any atom is -0.302 e. The van der Waals surface area contributed by atoms with E-state index in [0.717, 1.165) is 23.0 Å². The minimum absolute atomic E-state index is 0.0682. The van der Waals surface area contributed by atoms with Gasteiger partial charge in [0.05, 0.1) is 5.69 Å². The van der Waals surface area contributed by atoms with Crippen LogP contribution >= 0.6 is 23.1 Å². The van der Waals surface area contributed by atoms with E-state index in [4.69, 9.17) is 0 Å². The van der Waals surface area contributed by atoms with Gasteiger partial charge in [-0.1, -0.05) is 13.8 Å². The number of hydrogen-bond acceptors (Lipinski definition) is 4. The molecule has 1 aromatic rings. The van der Waals surface area contributed by atoms with E-state index in [0.29, 0.717) is 12.3 Å². The Balaban J connectivity index is 2.37. The van der Waals surface area contributed by atoms with Crippen molar-refractivity contribution in [1.82, 2.24) is 4.98 Å². The number of carbonyl (C=O) groups is 1. The van der Waals surface area contributed by atoms with Gasteiger partial charge in [0.2, 0.25) is 5.91 Å². The van der Waals surface area contributed by atoms with Gasteiger partial charge in [-0.25, -0.2) is 4.98 Å². The highest BCUT2D eigenvalue weighted by Gasteiger charge is 2.08. The summed E-state index contributed by atoms with van der Waals surface area (Å²) in [6.45, 7) is 4.19. The second-order valence-electron chi connectivity index (χ2n) is 3.88. The third kappa shape index (κ3) is 4.53. The Hall–Kier alpha value is -0.550. The molecule has 3 nitrogen and oxygen atoms in total. The van der Waals surface area contributed by atoms with E-state index in [2.05, 4.69) is 24.1 Å². The monoisotopic (exact) mass is 258 g/mol. The molecular formula is C11H18N2OS2. The Morgan fingerprint density at radius 3 is 2.94 bits per heavy atom. The molecule has 90 valence electrons. The molecule has 0 aromatic carbocycles. The van der Waals surface area contributed by atoms with Crippen LogP contribution in [0.5, 0.6) is 0 Å². The van der Waals surface area contributed by atoms with Gasteiger partial charge in [-0.3, -0.25) is 4.79 Å². The second kappa shape index (κ2) is 6.91. The van der Waals surface area contributed by atoms with Gasteiger partial charge in [0, 0.05) is 11.8 Å². The van der Waals surface area contributed by atoms with Crippen LogP contribution < -0.4 is 5.32 Å². The number of thioether (sulfide) groups is 1. The van der Waals surface area contributed by atoms with Gasteiger partial charge in [0.1, 0.15) is 0 Å².